The number of aromatic nitrogens is 3. The van der Waals surface area contributed by atoms with Gasteiger partial charge in [-0.15, -0.1) is 0 Å². The van der Waals surface area contributed by atoms with Gasteiger partial charge in [0.1, 0.15) is 11.6 Å². The Kier molecular flexibility index (Phi) is 5.15. The summed E-state index contributed by atoms with van der Waals surface area (Å²) in [6.45, 7) is 2.00. The molecule has 2 aromatic heterocycles. The van der Waals surface area contributed by atoms with E-state index in [0.717, 1.165) is 44.6 Å². The van der Waals surface area contributed by atoms with Crippen molar-refractivity contribution in [2.45, 2.75) is 18.5 Å². The first kappa shape index (κ1) is 19.3. The number of para-hydroxylation sites is 1. The average Bonchev–Trinajstić information content (AvgIpc) is 3.03. The van der Waals surface area contributed by atoms with Gasteiger partial charge in [-0.2, -0.15) is 0 Å². The molecule has 6 nitrogen and oxygen atoms in total. The van der Waals surface area contributed by atoms with Crippen molar-refractivity contribution in [3.63, 3.8) is 0 Å². The number of ether oxygens (including phenoxy) is 2. The second-order valence-corrected chi connectivity index (χ2v) is 7.36. The van der Waals surface area contributed by atoms with Gasteiger partial charge in [0.2, 0.25) is 0 Å². The van der Waals surface area contributed by atoms with Crippen LogP contribution in [0.2, 0.25) is 0 Å². The van der Waals surface area contributed by atoms with E-state index in [4.69, 9.17) is 14.5 Å². The number of esters is 1. The molecule has 0 aliphatic carbocycles. The fraction of sp³-hybridized carbons (Fsp3) is 0.227. The molecule has 0 aliphatic heterocycles. The summed E-state index contributed by atoms with van der Waals surface area (Å²) in [6.07, 6.45) is 2.14. The van der Waals surface area contributed by atoms with Crippen LogP contribution >= 0.6 is 11.8 Å². The van der Waals surface area contributed by atoms with E-state index in [2.05, 4.69) is 9.55 Å². The zero-order valence-electron chi connectivity index (χ0n) is 16.7. The van der Waals surface area contributed by atoms with Gasteiger partial charge in [0.05, 0.1) is 31.7 Å². The first-order valence-electron chi connectivity index (χ1n) is 9.13. The van der Waals surface area contributed by atoms with E-state index >= 15 is 0 Å². The second-order valence-electron chi connectivity index (χ2n) is 6.59. The Labute approximate surface area is 172 Å². The van der Waals surface area contributed by atoms with Crippen LogP contribution < -0.4 is 4.74 Å². The molecule has 7 heteroatoms. The highest BCUT2D eigenvalue weighted by Crippen LogP contribution is 2.34. The zero-order chi connectivity index (χ0) is 20.5. The number of rotatable bonds is 5. The number of carbonyl (C=O) groups excluding carboxylic acids is 1. The van der Waals surface area contributed by atoms with Crippen molar-refractivity contribution < 1.29 is 14.3 Å². The molecule has 0 amide bonds. The van der Waals surface area contributed by atoms with E-state index in [1.807, 2.05) is 55.6 Å². The molecule has 148 valence electrons. The molecule has 4 aromatic rings. The summed E-state index contributed by atoms with van der Waals surface area (Å²) in [4.78, 5) is 21.6. The van der Waals surface area contributed by atoms with Crippen molar-refractivity contribution in [3.05, 3.63) is 53.7 Å². The molecule has 0 N–H and O–H groups in total. The molecule has 0 aliphatic rings. The van der Waals surface area contributed by atoms with Crippen molar-refractivity contribution in [3.8, 4) is 11.6 Å². The number of methoxy groups -OCH3 is 2. The molecule has 0 atom stereocenters. The summed E-state index contributed by atoms with van der Waals surface area (Å²) in [5.74, 6) is 1.24. The topological polar surface area (TPSA) is 66.2 Å². The molecule has 2 heterocycles. The first-order chi connectivity index (χ1) is 14.1. The number of thioether (sulfide) groups is 1. The molecule has 0 spiro atoms. The summed E-state index contributed by atoms with van der Waals surface area (Å²) in [5.41, 5.74) is 3.68. The fourth-order valence-corrected chi connectivity index (χ4v) is 3.97. The molecule has 2 aromatic carbocycles. The lowest BCUT2D eigenvalue weighted by Crippen LogP contribution is -2.07. The van der Waals surface area contributed by atoms with E-state index in [1.165, 1.54) is 18.9 Å². The highest BCUT2D eigenvalue weighted by atomic mass is 32.2. The van der Waals surface area contributed by atoms with Crippen LogP contribution in [0.15, 0.2) is 47.6 Å². The van der Waals surface area contributed by atoms with Crippen LogP contribution in [0.4, 0.5) is 0 Å². The number of benzene rings is 2. The Morgan fingerprint density at radius 3 is 2.62 bits per heavy atom. The monoisotopic (exact) mass is 407 g/mol. The maximum atomic E-state index is 12.1. The van der Waals surface area contributed by atoms with Crippen LogP contribution in [0.25, 0.3) is 27.6 Å². The normalized spacial score (nSPS) is 11.2. The molecule has 0 bridgehead atoms. The predicted molar refractivity (Wildman–Crippen MR) is 115 cm³/mol. The minimum Gasteiger partial charge on any atom is -0.497 e. The third-order valence-electron chi connectivity index (χ3n) is 5.05. The number of nitrogens with zero attached hydrogens (tertiary/aromatic N) is 3. The second kappa shape index (κ2) is 7.75. The molecule has 0 saturated heterocycles. The van der Waals surface area contributed by atoms with E-state index in [0.29, 0.717) is 5.16 Å². The minimum atomic E-state index is -0.285. The fourth-order valence-electron chi connectivity index (χ4n) is 3.60. The Balaban J connectivity index is 2.08. The largest absolute Gasteiger partial charge is 0.497 e. The lowest BCUT2D eigenvalue weighted by atomic mass is 10.1. The third-order valence-corrected chi connectivity index (χ3v) is 5.60. The van der Waals surface area contributed by atoms with Gasteiger partial charge in [0, 0.05) is 16.5 Å². The van der Waals surface area contributed by atoms with Gasteiger partial charge in [-0.05, 0) is 49.1 Å². The molecular weight excluding hydrogens is 386 g/mol. The van der Waals surface area contributed by atoms with Crippen LogP contribution in [-0.4, -0.2) is 41.0 Å². The van der Waals surface area contributed by atoms with Crippen molar-refractivity contribution in [2.75, 3.05) is 20.5 Å². The smallest absolute Gasteiger partial charge is 0.310 e. The van der Waals surface area contributed by atoms with Gasteiger partial charge < -0.3 is 9.47 Å². The molecule has 0 unspecified atom stereocenters. The third kappa shape index (κ3) is 3.31. The van der Waals surface area contributed by atoms with Gasteiger partial charge in [0.15, 0.2) is 5.16 Å². The Hall–Kier alpha value is -3.06. The summed E-state index contributed by atoms with van der Waals surface area (Å²) >= 11 is 1.50. The molecule has 0 saturated carbocycles. The molecular formula is C22H21N3O3S. The summed E-state index contributed by atoms with van der Waals surface area (Å²) in [7, 11) is 3.04. The predicted octanol–water partition coefficient (Wildman–Crippen LogP) is 4.33. The first-order valence-corrected chi connectivity index (χ1v) is 10.4. The maximum Gasteiger partial charge on any atom is 0.310 e. The van der Waals surface area contributed by atoms with Crippen molar-refractivity contribution in [1.29, 1.82) is 0 Å². The number of hydrogen-bond donors (Lipinski definition) is 0. The lowest BCUT2D eigenvalue weighted by molar-refractivity contribution is -0.139. The highest BCUT2D eigenvalue weighted by molar-refractivity contribution is 7.98. The van der Waals surface area contributed by atoms with Crippen LogP contribution in [0.5, 0.6) is 5.75 Å². The number of carbonyl (C=O) groups is 1. The molecule has 29 heavy (non-hydrogen) atoms. The van der Waals surface area contributed by atoms with E-state index in [-0.39, 0.29) is 12.4 Å². The number of hydrogen-bond acceptors (Lipinski definition) is 6. The van der Waals surface area contributed by atoms with Crippen molar-refractivity contribution >= 4 is 39.5 Å². The zero-order valence-corrected chi connectivity index (χ0v) is 17.5. The lowest BCUT2D eigenvalue weighted by Gasteiger charge is -2.12. The van der Waals surface area contributed by atoms with Gasteiger partial charge in [-0.1, -0.05) is 23.9 Å². The number of fused-ring (bicyclic) bond motifs is 2. The molecule has 0 radical (unpaired) electrons. The van der Waals surface area contributed by atoms with Gasteiger partial charge >= 0.3 is 5.97 Å². The standard InChI is InChI=1S/C22H21N3O3S/c1-13-16(12-20(26)28-3)17-11-14(27-2)9-10-19(17)25(13)21-15-7-5-6-8-18(15)23-22(24-21)29-4/h5-11H,12H2,1-4H3. The molecule has 0 fully saturated rings. The molecule has 4 rings (SSSR count). The SMILES string of the molecule is COC(=O)Cc1c(C)n(-c2nc(SC)nc3ccccc23)c2ccc(OC)cc12. The van der Waals surface area contributed by atoms with E-state index in [9.17, 15) is 4.79 Å². The van der Waals surface area contributed by atoms with Crippen molar-refractivity contribution in [1.82, 2.24) is 14.5 Å². The summed E-state index contributed by atoms with van der Waals surface area (Å²) < 4.78 is 12.4. The van der Waals surface area contributed by atoms with Crippen LogP contribution in [0, 0.1) is 6.92 Å². The van der Waals surface area contributed by atoms with Gasteiger partial charge in [0.25, 0.3) is 0 Å². The van der Waals surface area contributed by atoms with E-state index < -0.39 is 0 Å². The average molecular weight is 407 g/mol. The van der Waals surface area contributed by atoms with Crippen LogP contribution in [0.1, 0.15) is 11.3 Å². The van der Waals surface area contributed by atoms with Crippen LogP contribution in [-0.2, 0) is 16.0 Å². The summed E-state index contributed by atoms with van der Waals surface area (Å²) in [5, 5.41) is 2.59. The Morgan fingerprint density at radius 2 is 1.90 bits per heavy atom. The Bertz CT molecular complexity index is 1230. The quantitative estimate of drug-likeness (QED) is 0.279. The van der Waals surface area contributed by atoms with Gasteiger partial charge in [-0.3, -0.25) is 9.36 Å². The maximum absolute atomic E-state index is 12.1. The Morgan fingerprint density at radius 1 is 1.10 bits per heavy atom. The van der Waals surface area contributed by atoms with Crippen LogP contribution in [0.3, 0.4) is 0 Å². The summed E-state index contributed by atoms with van der Waals surface area (Å²) in [6, 6.07) is 13.8. The van der Waals surface area contributed by atoms with Crippen molar-refractivity contribution in [2.24, 2.45) is 0 Å². The minimum absolute atomic E-state index is 0.178. The van der Waals surface area contributed by atoms with E-state index in [1.54, 1.807) is 7.11 Å². The highest BCUT2D eigenvalue weighted by Gasteiger charge is 2.21. The van der Waals surface area contributed by atoms with Gasteiger partial charge in [-0.25, -0.2) is 9.97 Å².